The molecule has 1 aromatic carbocycles. The summed E-state index contributed by atoms with van der Waals surface area (Å²) in [5.41, 5.74) is -0.380. The molecular weight excluding hydrogens is 354 g/mol. The molecule has 1 fully saturated rings. The van der Waals surface area contributed by atoms with Gasteiger partial charge in [-0.3, -0.25) is 4.90 Å². The molecule has 1 heterocycles. The third-order valence-electron chi connectivity index (χ3n) is 4.40. The zero-order valence-electron chi connectivity index (χ0n) is 15.4. The van der Waals surface area contributed by atoms with E-state index in [9.17, 15) is 14.4 Å². The fourth-order valence-electron chi connectivity index (χ4n) is 3.02. The topological polar surface area (TPSA) is 91.4 Å². The Kier molecular flexibility index (Phi) is 8.22. The van der Waals surface area contributed by atoms with Crippen molar-refractivity contribution in [2.24, 2.45) is 0 Å². The minimum atomic E-state index is -1.22. The molecule has 2 rings (SSSR count). The molecule has 1 aliphatic heterocycles. The highest BCUT2D eigenvalue weighted by molar-refractivity contribution is 5.88. The van der Waals surface area contributed by atoms with Crippen molar-refractivity contribution in [2.45, 2.75) is 37.8 Å². The SMILES string of the molecule is COCOCCCC1(CCC=O)C(=O)OCN1C(=O)OCc1ccccc1. The van der Waals surface area contributed by atoms with Crippen LogP contribution in [0.3, 0.4) is 0 Å². The van der Waals surface area contributed by atoms with Gasteiger partial charge in [0.1, 0.15) is 25.2 Å². The Morgan fingerprint density at radius 1 is 1.30 bits per heavy atom. The molecule has 0 saturated carbocycles. The highest BCUT2D eigenvalue weighted by Crippen LogP contribution is 2.34. The molecule has 1 amide bonds. The maximum atomic E-state index is 12.6. The summed E-state index contributed by atoms with van der Waals surface area (Å²) in [6.45, 7) is 0.404. The van der Waals surface area contributed by atoms with Gasteiger partial charge in [0.2, 0.25) is 0 Å². The van der Waals surface area contributed by atoms with E-state index in [1.807, 2.05) is 30.3 Å². The number of hydrogen-bond acceptors (Lipinski definition) is 7. The highest BCUT2D eigenvalue weighted by Gasteiger charge is 2.52. The number of ether oxygens (including phenoxy) is 4. The number of hydrogen-bond donors (Lipinski definition) is 0. The second-order valence-corrected chi connectivity index (χ2v) is 6.18. The van der Waals surface area contributed by atoms with Gasteiger partial charge in [0, 0.05) is 20.1 Å². The first-order chi connectivity index (χ1) is 13.1. The predicted octanol–water partition coefficient (Wildman–Crippen LogP) is 2.26. The number of benzene rings is 1. The van der Waals surface area contributed by atoms with Crippen LogP contribution in [0.4, 0.5) is 4.79 Å². The van der Waals surface area contributed by atoms with Crippen LogP contribution in [-0.4, -0.2) is 56.0 Å². The van der Waals surface area contributed by atoms with Gasteiger partial charge in [-0.05, 0) is 24.8 Å². The minimum absolute atomic E-state index is 0.0884. The lowest BCUT2D eigenvalue weighted by Gasteiger charge is -2.32. The van der Waals surface area contributed by atoms with Gasteiger partial charge in [-0.1, -0.05) is 30.3 Å². The second-order valence-electron chi connectivity index (χ2n) is 6.18. The predicted molar refractivity (Wildman–Crippen MR) is 94.5 cm³/mol. The second kappa shape index (κ2) is 10.6. The molecule has 0 radical (unpaired) electrons. The highest BCUT2D eigenvalue weighted by atomic mass is 16.7. The number of aldehydes is 1. The molecular formula is C19H25NO7. The molecule has 1 aromatic rings. The summed E-state index contributed by atoms with van der Waals surface area (Å²) in [6.07, 6.45) is 1.20. The summed E-state index contributed by atoms with van der Waals surface area (Å²) in [5.74, 6) is -0.521. The number of esters is 1. The van der Waals surface area contributed by atoms with Gasteiger partial charge < -0.3 is 23.7 Å². The molecule has 0 bridgehead atoms. The summed E-state index contributed by atoms with van der Waals surface area (Å²) in [7, 11) is 1.52. The van der Waals surface area contributed by atoms with E-state index >= 15 is 0 Å². The zero-order valence-corrected chi connectivity index (χ0v) is 15.4. The van der Waals surface area contributed by atoms with Crippen molar-refractivity contribution < 1.29 is 33.3 Å². The van der Waals surface area contributed by atoms with Crippen molar-refractivity contribution in [1.82, 2.24) is 4.90 Å². The van der Waals surface area contributed by atoms with Crippen LogP contribution in [0.1, 0.15) is 31.2 Å². The van der Waals surface area contributed by atoms with E-state index in [1.54, 1.807) is 0 Å². The molecule has 1 aliphatic rings. The Labute approximate surface area is 158 Å². The largest absolute Gasteiger partial charge is 0.444 e. The quantitative estimate of drug-likeness (QED) is 0.252. The lowest BCUT2D eigenvalue weighted by atomic mass is 9.87. The van der Waals surface area contributed by atoms with Crippen molar-refractivity contribution in [1.29, 1.82) is 0 Å². The Balaban J connectivity index is 2.04. The monoisotopic (exact) mass is 379 g/mol. The minimum Gasteiger partial charge on any atom is -0.444 e. The molecule has 1 unspecified atom stereocenters. The lowest BCUT2D eigenvalue weighted by molar-refractivity contribution is -0.143. The van der Waals surface area contributed by atoms with E-state index < -0.39 is 17.6 Å². The third-order valence-corrected chi connectivity index (χ3v) is 4.40. The lowest BCUT2D eigenvalue weighted by Crippen LogP contribution is -2.51. The van der Waals surface area contributed by atoms with Gasteiger partial charge >= 0.3 is 12.1 Å². The smallest absolute Gasteiger partial charge is 0.413 e. The number of methoxy groups -OCH3 is 1. The van der Waals surface area contributed by atoms with Gasteiger partial charge in [0.05, 0.1) is 0 Å². The van der Waals surface area contributed by atoms with Gasteiger partial charge in [-0.15, -0.1) is 0 Å². The Morgan fingerprint density at radius 3 is 2.78 bits per heavy atom. The van der Waals surface area contributed by atoms with Crippen LogP contribution in [0.25, 0.3) is 0 Å². The first-order valence-corrected chi connectivity index (χ1v) is 8.80. The Hall–Kier alpha value is -2.45. The average Bonchev–Trinajstić information content (AvgIpc) is 3.01. The molecule has 0 spiro atoms. The van der Waals surface area contributed by atoms with Crippen LogP contribution in [0.5, 0.6) is 0 Å². The standard InChI is InChI=1S/C19H25NO7/c1-24-15-25-12-6-10-19(9-5-11-21)17(22)27-14-20(19)18(23)26-13-16-7-3-2-4-8-16/h2-4,7-8,11H,5-6,9-10,12-15H2,1H3. The van der Waals surface area contributed by atoms with Crippen LogP contribution in [0.15, 0.2) is 30.3 Å². The summed E-state index contributed by atoms with van der Waals surface area (Å²) in [4.78, 5) is 37.2. The van der Waals surface area contributed by atoms with Crippen LogP contribution in [0, 0.1) is 0 Å². The van der Waals surface area contributed by atoms with Crippen molar-refractivity contribution in [3.8, 4) is 0 Å². The van der Waals surface area contributed by atoms with E-state index in [-0.39, 0.29) is 33.0 Å². The molecule has 8 nitrogen and oxygen atoms in total. The summed E-state index contributed by atoms with van der Waals surface area (Å²) >= 11 is 0. The van der Waals surface area contributed by atoms with Crippen LogP contribution in [-0.2, 0) is 35.1 Å². The van der Waals surface area contributed by atoms with Crippen molar-refractivity contribution in [3.63, 3.8) is 0 Å². The number of cyclic esters (lactones) is 1. The Morgan fingerprint density at radius 2 is 2.07 bits per heavy atom. The molecule has 0 aliphatic carbocycles. The van der Waals surface area contributed by atoms with Gasteiger partial charge in [0.25, 0.3) is 0 Å². The van der Waals surface area contributed by atoms with Gasteiger partial charge in [-0.25, -0.2) is 9.59 Å². The fraction of sp³-hybridized carbons (Fsp3) is 0.526. The van der Waals surface area contributed by atoms with Crippen LogP contribution >= 0.6 is 0 Å². The number of nitrogens with zero attached hydrogens (tertiary/aromatic N) is 1. The van der Waals surface area contributed by atoms with E-state index in [4.69, 9.17) is 18.9 Å². The maximum absolute atomic E-state index is 12.6. The molecule has 0 N–H and O–H groups in total. The summed E-state index contributed by atoms with van der Waals surface area (Å²) in [5, 5.41) is 0. The van der Waals surface area contributed by atoms with E-state index in [2.05, 4.69) is 0 Å². The number of carbonyl (C=O) groups excluding carboxylic acids is 3. The molecule has 1 saturated heterocycles. The van der Waals surface area contributed by atoms with Crippen molar-refractivity contribution in [2.75, 3.05) is 27.2 Å². The number of carbonyl (C=O) groups is 3. The fourth-order valence-corrected chi connectivity index (χ4v) is 3.02. The summed E-state index contributed by atoms with van der Waals surface area (Å²) in [6, 6.07) is 9.24. The van der Waals surface area contributed by atoms with Crippen LogP contribution < -0.4 is 0 Å². The maximum Gasteiger partial charge on any atom is 0.413 e. The van der Waals surface area contributed by atoms with E-state index in [1.165, 1.54) is 12.0 Å². The first-order valence-electron chi connectivity index (χ1n) is 8.80. The molecule has 0 aromatic heterocycles. The van der Waals surface area contributed by atoms with Crippen molar-refractivity contribution in [3.05, 3.63) is 35.9 Å². The molecule has 27 heavy (non-hydrogen) atoms. The number of rotatable bonds is 11. The zero-order chi connectivity index (χ0) is 19.5. The van der Waals surface area contributed by atoms with E-state index in [0.29, 0.717) is 19.4 Å². The van der Waals surface area contributed by atoms with Gasteiger partial charge in [0.15, 0.2) is 6.73 Å². The van der Waals surface area contributed by atoms with Crippen LogP contribution in [0.2, 0.25) is 0 Å². The van der Waals surface area contributed by atoms with Crippen molar-refractivity contribution >= 4 is 18.3 Å². The first kappa shape index (κ1) is 20.9. The molecule has 148 valence electrons. The normalized spacial score (nSPS) is 19.0. The Bertz CT molecular complexity index is 622. The number of amides is 1. The molecule has 8 heteroatoms. The summed E-state index contributed by atoms with van der Waals surface area (Å²) < 4.78 is 20.6. The van der Waals surface area contributed by atoms with Gasteiger partial charge in [-0.2, -0.15) is 0 Å². The third kappa shape index (κ3) is 5.51. The molecule has 1 atom stereocenters. The average molecular weight is 379 g/mol. The van der Waals surface area contributed by atoms with E-state index in [0.717, 1.165) is 11.8 Å².